The fourth-order valence-electron chi connectivity index (χ4n) is 3.34. The molecule has 0 atom stereocenters. The molecule has 0 aliphatic rings. The monoisotopic (exact) mass is 384 g/mol. The minimum Gasteiger partial charge on any atom is -0.293 e. The van der Waals surface area contributed by atoms with Crippen LogP contribution in [0.3, 0.4) is 0 Å². The summed E-state index contributed by atoms with van der Waals surface area (Å²) < 4.78 is 4.28. The maximum absolute atomic E-state index is 13.4. The summed E-state index contributed by atoms with van der Waals surface area (Å²) in [5.41, 5.74) is 1.81. The van der Waals surface area contributed by atoms with Crippen molar-refractivity contribution in [3.8, 4) is 17.3 Å². The Kier molecular flexibility index (Phi) is 3.77. The number of aryl methyl sites for hydroxylation is 1. The number of hydrogen-bond acceptors (Lipinski definition) is 4. The fraction of sp³-hybridized carbons (Fsp3) is 0.0476. The van der Waals surface area contributed by atoms with Gasteiger partial charge in [0.05, 0.1) is 17.6 Å². The van der Waals surface area contributed by atoms with Gasteiger partial charge in [0, 0.05) is 11.8 Å². The van der Waals surface area contributed by atoms with Crippen molar-refractivity contribution in [1.29, 1.82) is 0 Å². The van der Waals surface area contributed by atoms with E-state index in [0.717, 1.165) is 5.69 Å². The second-order valence-electron chi connectivity index (χ2n) is 6.63. The van der Waals surface area contributed by atoms with Gasteiger partial charge in [0.25, 0.3) is 11.1 Å². The first-order chi connectivity index (χ1) is 14.1. The molecular formula is C21H16N6O2. The van der Waals surface area contributed by atoms with Gasteiger partial charge in [-0.15, -0.1) is 0 Å². The summed E-state index contributed by atoms with van der Waals surface area (Å²) in [4.78, 5) is 30.6. The van der Waals surface area contributed by atoms with Crippen molar-refractivity contribution in [2.45, 2.75) is 6.92 Å². The lowest BCUT2D eigenvalue weighted by molar-refractivity contribution is 0.732. The molecule has 0 aliphatic carbocycles. The van der Waals surface area contributed by atoms with Gasteiger partial charge in [-0.05, 0) is 31.2 Å². The van der Waals surface area contributed by atoms with E-state index in [-0.39, 0.29) is 17.1 Å². The Labute approximate surface area is 164 Å². The third-order valence-electron chi connectivity index (χ3n) is 4.65. The summed E-state index contributed by atoms with van der Waals surface area (Å²) in [6.45, 7) is 1.77. The first kappa shape index (κ1) is 16.9. The van der Waals surface area contributed by atoms with Crippen LogP contribution in [-0.2, 0) is 0 Å². The SMILES string of the molecule is Cc1cc(=O)n(-c2nc3c(cnn3-c3ccccc3)c(=O)n2-c2ccccc2)[nH]1. The van der Waals surface area contributed by atoms with Gasteiger partial charge in [0.15, 0.2) is 5.65 Å². The van der Waals surface area contributed by atoms with Gasteiger partial charge < -0.3 is 0 Å². The van der Waals surface area contributed by atoms with Crippen LogP contribution in [0, 0.1) is 6.92 Å². The quantitative estimate of drug-likeness (QED) is 0.517. The van der Waals surface area contributed by atoms with Crippen LogP contribution in [-0.4, -0.2) is 29.1 Å². The van der Waals surface area contributed by atoms with Crippen molar-refractivity contribution in [2.24, 2.45) is 0 Å². The predicted molar refractivity (Wildman–Crippen MR) is 109 cm³/mol. The summed E-state index contributed by atoms with van der Waals surface area (Å²) in [6, 6.07) is 20.0. The molecule has 142 valence electrons. The topological polar surface area (TPSA) is 90.5 Å². The molecule has 0 fully saturated rings. The molecule has 0 radical (unpaired) electrons. The van der Waals surface area contributed by atoms with E-state index in [0.29, 0.717) is 22.4 Å². The molecule has 3 heterocycles. The van der Waals surface area contributed by atoms with E-state index in [1.165, 1.54) is 21.5 Å². The van der Waals surface area contributed by atoms with E-state index in [4.69, 9.17) is 0 Å². The fourth-order valence-corrected chi connectivity index (χ4v) is 3.34. The second-order valence-corrected chi connectivity index (χ2v) is 6.63. The number of hydrogen-bond donors (Lipinski definition) is 1. The van der Waals surface area contributed by atoms with Gasteiger partial charge in [-0.25, -0.2) is 9.25 Å². The van der Waals surface area contributed by atoms with E-state index in [1.807, 2.05) is 48.5 Å². The zero-order valence-electron chi connectivity index (χ0n) is 15.5. The molecular weight excluding hydrogens is 368 g/mol. The number of nitrogens with zero attached hydrogens (tertiary/aromatic N) is 5. The molecule has 2 aromatic carbocycles. The van der Waals surface area contributed by atoms with E-state index in [2.05, 4.69) is 15.2 Å². The summed E-state index contributed by atoms with van der Waals surface area (Å²) in [7, 11) is 0. The highest BCUT2D eigenvalue weighted by Gasteiger charge is 2.19. The largest absolute Gasteiger partial charge is 0.293 e. The number of aromatic nitrogens is 6. The lowest BCUT2D eigenvalue weighted by Gasteiger charge is -2.13. The standard InChI is InChI=1S/C21H16N6O2/c1-14-12-18(28)27(24-14)21-23-19-17(13-22-26(19)16-10-6-3-7-11-16)20(29)25(21)15-8-4-2-5-9-15/h2-13,24H,1H3. The molecule has 0 saturated carbocycles. The molecule has 5 rings (SSSR count). The minimum atomic E-state index is -0.308. The average molecular weight is 384 g/mol. The van der Waals surface area contributed by atoms with Crippen LogP contribution in [0.5, 0.6) is 0 Å². The number of benzene rings is 2. The molecule has 29 heavy (non-hydrogen) atoms. The molecule has 0 saturated heterocycles. The van der Waals surface area contributed by atoms with Crippen LogP contribution < -0.4 is 11.1 Å². The van der Waals surface area contributed by atoms with Gasteiger partial charge in [-0.1, -0.05) is 36.4 Å². The van der Waals surface area contributed by atoms with Crippen LogP contribution in [0.2, 0.25) is 0 Å². The Balaban J connectivity index is 1.90. The molecule has 0 aliphatic heterocycles. The van der Waals surface area contributed by atoms with Crippen molar-refractivity contribution < 1.29 is 0 Å². The summed E-state index contributed by atoms with van der Waals surface area (Å²) in [5, 5.41) is 7.69. The third-order valence-corrected chi connectivity index (χ3v) is 4.65. The molecule has 0 amide bonds. The highest BCUT2D eigenvalue weighted by atomic mass is 16.1. The number of para-hydroxylation sites is 2. The number of rotatable bonds is 3. The van der Waals surface area contributed by atoms with Crippen molar-refractivity contribution in [3.05, 3.63) is 99.3 Å². The number of nitrogens with one attached hydrogen (secondary N) is 1. The van der Waals surface area contributed by atoms with Crippen LogP contribution in [0.4, 0.5) is 0 Å². The van der Waals surface area contributed by atoms with Gasteiger partial charge in [-0.2, -0.15) is 14.8 Å². The van der Waals surface area contributed by atoms with Crippen LogP contribution in [0.15, 0.2) is 82.5 Å². The van der Waals surface area contributed by atoms with E-state index in [9.17, 15) is 9.59 Å². The summed E-state index contributed by atoms with van der Waals surface area (Å²) >= 11 is 0. The zero-order valence-corrected chi connectivity index (χ0v) is 15.5. The molecule has 0 bridgehead atoms. The van der Waals surface area contributed by atoms with Crippen molar-refractivity contribution >= 4 is 11.0 Å². The first-order valence-electron chi connectivity index (χ1n) is 9.04. The zero-order chi connectivity index (χ0) is 20.0. The Hall–Kier alpha value is -4.20. The van der Waals surface area contributed by atoms with Gasteiger partial charge in [0.1, 0.15) is 5.39 Å². The average Bonchev–Trinajstić information content (AvgIpc) is 3.32. The summed E-state index contributed by atoms with van der Waals surface area (Å²) in [5.74, 6) is 0.171. The van der Waals surface area contributed by atoms with Crippen LogP contribution in [0.25, 0.3) is 28.4 Å². The Morgan fingerprint density at radius 3 is 2.17 bits per heavy atom. The predicted octanol–water partition coefficient (Wildman–Crippen LogP) is 2.36. The van der Waals surface area contributed by atoms with E-state index >= 15 is 0 Å². The van der Waals surface area contributed by atoms with Crippen LogP contribution in [0.1, 0.15) is 5.69 Å². The Bertz CT molecular complexity index is 1440. The van der Waals surface area contributed by atoms with Gasteiger partial charge in [-0.3, -0.25) is 14.7 Å². The maximum Gasteiger partial charge on any atom is 0.274 e. The Morgan fingerprint density at radius 1 is 0.897 bits per heavy atom. The highest BCUT2D eigenvalue weighted by molar-refractivity contribution is 5.76. The normalized spacial score (nSPS) is 11.2. The highest BCUT2D eigenvalue weighted by Crippen LogP contribution is 2.17. The smallest absolute Gasteiger partial charge is 0.274 e. The lowest BCUT2D eigenvalue weighted by Crippen LogP contribution is -2.28. The number of H-pyrrole nitrogens is 1. The Morgan fingerprint density at radius 2 is 1.55 bits per heavy atom. The third kappa shape index (κ3) is 2.69. The molecule has 8 nitrogen and oxygen atoms in total. The number of aromatic amines is 1. The van der Waals surface area contributed by atoms with Crippen molar-refractivity contribution in [1.82, 2.24) is 29.1 Å². The molecule has 0 spiro atoms. The number of fused-ring (bicyclic) bond motifs is 1. The van der Waals surface area contributed by atoms with Crippen molar-refractivity contribution in [3.63, 3.8) is 0 Å². The second kappa shape index (κ2) is 6.45. The summed E-state index contributed by atoms with van der Waals surface area (Å²) in [6.07, 6.45) is 1.50. The van der Waals surface area contributed by atoms with Crippen LogP contribution >= 0.6 is 0 Å². The first-order valence-corrected chi connectivity index (χ1v) is 9.04. The van der Waals surface area contributed by atoms with Gasteiger partial charge >= 0.3 is 0 Å². The van der Waals surface area contributed by atoms with Gasteiger partial charge in [0.2, 0.25) is 5.95 Å². The molecule has 0 unspecified atom stereocenters. The van der Waals surface area contributed by atoms with E-state index < -0.39 is 0 Å². The van der Waals surface area contributed by atoms with E-state index in [1.54, 1.807) is 23.7 Å². The molecule has 5 aromatic rings. The van der Waals surface area contributed by atoms with Crippen molar-refractivity contribution in [2.75, 3.05) is 0 Å². The lowest BCUT2D eigenvalue weighted by atomic mass is 10.3. The molecule has 1 N–H and O–H groups in total. The molecule has 3 aromatic heterocycles. The maximum atomic E-state index is 13.4. The molecule has 8 heteroatoms. The minimum absolute atomic E-state index is 0.171.